The molecule has 2 fully saturated rings. The molecular formula is C16H16O2. The van der Waals surface area contributed by atoms with Crippen LogP contribution < -0.4 is 0 Å². The monoisotopic (exact) mass is 240 g/mol. The van der Waals surface area contributed by atoms with Crippen LogP contribution in [-0.4, -0.2) is 11.6 Å². The zero-order valence-corrected chi connectivity index (χ0v) is 10.3. The maximum Gasteiger partial charge on any atom is 0.144 e. The summed E-state index contributed by atoms with van der Waals surface area (Å²) in [5.74, 6) is 2.72. The van der Waals surface area contributed by atoms with Gasteiger partial charge in [-0.2, -0.15) is 0 Å². The molecule has 18 heavy (non-hydrogen) atoms. The van der Waals surface area contributed by atoms with Crippen molar-refractivity contribution in [2.75, 3.05) is 0 Å². The molecule has 0 saturated heterocycles. The van der Waals surface area contributed by atoms with Crippen LogP contribution >= 0.6 is 0 Å². The van der Waals surface area contributed by atoms with Crippen molar-refractivity contribution in [1.29, 1.82) is 0 Å². The third-order valence-corrected chi connectivity index (χ3v) is 6.15. The molecule has 2 nitrogen and oxygen atoms in total. The molecule has 2 saturated carbocycles. The molecule has 2 heteroatoms. The van der Waals surface area contributed by atoms with Crippen LogP contribution in [0.2, 0.25) is 0 Å². The SMILES string of the molecule is O=C1CC(=O)C2C3CC(C4=C3C3C=CC4CC3)C12. The highest BCUT2D eigenvalue weighted by atomic mass is 16.2. The van der Waals surface area contributed by atoms with Crippen molar-refractivity contribution in [2.45, 2.75) is 25.7 Å². The van der Waals surface area contributed by atoms with E-state index >= 15 is 0 Å². The molecule has 6 rings (SSSR count). The van der Waals surface area contributed by atoms with E-state index < -0.39 is 0 Å². The van der Waals surface area contributed by atoms with E-state index in [1.165, 1.54) is 12.8 Å². The Balaban J connectivity index is 1.69. The highest BCUT2D eigenvalue weighted by Gasteiger charge is 2.62. The highest BCUT2D eigenvalue weighted by molar-refractivity contribution is 6.10. The van der Waals surface area contributed by atoms with Crippen molar-refractivity contribution >= 4 is 11.6 Å². The largest absolute Gasteiger partial charge is 0.299 e. The van der Waals surface area contributed by atoms with Crippen LogP contribution in [-0.2, 0) is 9.59 Å². The Kier molecular flexibility index (Phi) is 1.55. The molecule has 0 spiro atoms. The van der Waals surface area contributed by atoms with Gasteiger partial charge in [-0.15, -0.1) is 0 Å². The number of Topliss-reactive ketones (excluding diaryl/α,β-unsaturated/α-hetero) is 2. The number of rotatable bonds is 0. The van der Waals surface area contributed by atoms with Crippen molar-refractivity contribution in [1.82, 2.24) is 0 Å². The van der Waals surface area contributed by atoms with Crippen molar-refractivity contribution in [3.8, 4) is 0 Å². The summed E-state index contributed by atoms with van der Waals surface area (Å²) in [5.41, 5.74) is 3.20. The molecular weight excluding hydrogens is 224 g/mol. The Labute approximate surface area is 106 Å². The fourth-order valence-electron chi connectivity index (χ4n) is 5.71. The second kappa shape index (κ2) is 2.87. The van der Waals surface area contributed by atoms with Crippen LogP contribution in [0.15, 0.2) is 23.3 Å². The van der Waals surface area contributed by atoms with Gasteiger partial charge in [-0.1, -0.05) is 23.3 Å². The minimum Gasteiger partial charge on any atom is -0.299 e. The average Bonchev–Trinajstić information content (AvgIpc) is 3.03. The predicted octanol–water partition coefficient (Wildman–Crippen LogP) is 2.30. The van der Waals surface area contributed by atoms with E-state index in [0.717, 1.165) is 6.42 Å². The van der Waals surface area contributed by atoms with E-state index in [9.17, 15) is 9.59 Å². The molecule has 6 atom stereocenters. The summed E-state index contributed by atoms with van der Waals surface area (Å²) in [6.07, 6.45) is 8.59. The van der Waals surface area contributed by atoms with E-state index in [-0.39, 0.29) is 29.8 Å². The van der Waals surface area contributed by atoms with Crippen LogP contribution in [0.1, 0.15) is 25.7 Å². The van der Waals surface area contributed by atoms with Crippen LogP contribution in [0, 0.1) is 35.5 Å². The van der Waals surface area contributed by atoms with Crippen molar-refractivity contribution in [3.63, 3.8) is 0 Å². The molecule has 4 bridgehead atoms. The van der Waals surface area contributed by atoms with Crippen molar-refractivity contribution in [2.24, 2.45) is 35.5 Å². The van der Waals surface area contributed by atoms with Gasteiger partial charge in [0.05, 0.1) is 6.42 Å². The molecule has 0 N–H and O–H groups in total. The molecule has 0 aromatic heterocycles. The number of ketones is 2. The van der Waals surface area contributed by atoms with Gasteiger partial charge in [-0.3, -0.25) is 9.59 Å². The van der Waals surface area contributed by atoms with E-state index in [1.54, 1.807) is 11.1 Å². The maximum atomic E-state index is 12.1. The number of fused-ring (bicyclic) bond motifs is 6. The summed E-state index contributed by atoms with van der Waals surface area (Å²) in [7, 11) is 0. The molecule has 0 heterocycles. The molecule has 92 valence electrons. The Morgan fingerprint density at radius 3 is 1.78 bits per heavy atom. The topological polar surface area (TPSA) is 34.1 Å². The zero-order valence-electron chi connectivity index (χ0n) is 10.3. The lowest BCUT2D eigenvalue weighted by Gasteiger charge is -2.41. The van der Waals surface area contributed by atoms with Crippen molar-refractivity contribution in [3.05, 3.63) is 23.3 Å². The third kappa shape index (κ3) is 0.877. The fourth-order valence-corrected chi connectivity index (χ4v) is 5.71. The van der Waals surface area contributed by atoms with Gasteiger partial charge in [0.2, 0.25) is 0 Å². The molecule has 0 radical (unpaired) electrons. The summed E-state index contributed by atoms with van der Waals surface area (Å²) in [5, 5.41) is 0. The summed E-state index contributed by atoms with van der Waals surface area (Å²) >= 11 is 0. The molecule has 0 amide bonds. The molecule has 0 aromatic rings. The molecule has 6 aliphatic rings. The standard InChI is InChI=1S/C16H16O2/c17-11-6-12(18)16-10-5-9(15(11)16)13-7-1-2-8(4-3-7)14(10)13/h1-2,7-10,15-16H,3-6H2. The first-order chi connectivity index (χ1) is 8.75. The Morgan fingerprint density at radius 1 is 0.833 bits per heavy atom. The lowest BCUT2D eigenvalue weighted by Crippen LogP contribution is -2.35. The van der Waals surface area contributed by atoms with Crippen molar-refractivity contribution < 1.29 is 9.59 Å². The minimum absolute atomic E-state index is 0.0778. The number of carbonyl (C=O) groups is 2. The first kappa shape index (κ1) is 9.71. The number of allylic oxidation sites excluding steroid dienone is 4. The quantitative estimate of drug-likeness (QED) is 0.481. The summed E-state index contributed by atoms with van der Waals surface area (Å²) in [6.45, 7) is 0. The normalized spacial score (nSPS) is 51.3. The van der Waals surface area contributed by atoms with Gasteiger partial charge in [0.15, 0.2) is 0 Å². The second-order valence-corrected chi connectivity index (χ2v) is 6.70. The van der Waals surface area contributed by atoms with E-state index in [2.05, 4.69) is 12.2 Å². The van der Waals surface area contributed by atoms with E-state index in [0.29, 0.717) is 23.7 Å². The molecule has 0 aliphatic heterocycles. The Bertz CT molecular complexity index is 507. The molecule has 0 aromatic carbocycles. The highest BCUT2D eigenvalue weighted by Crippen LogP contribution is 2.65. The van der Waals surface area contributed by atoms with E-state index in [4.69, 9.17) is 0 Å². The van der Waals surface area contributed by atoms with Gasteiger partial charge in [0.1, 0.15) is 11.6 Å². The molecule has 6 unspecified atom stereocenters. The number of hydrogen-bond acceptors (Lipinski definition) is 2. The zero-order chi connectivity index (χ0) is 12.0. The first-order valence-electron chi connectivity index (χ1n) is 7.23. The second-order valence-electron chi connectivity index (χ2n) is 6.70. The van der Waals surface area contributed by atoms with Crippen LogP contribution in [0.5, 0.6) is 0 Å². The fraction of sp³-hybridized carbons (Fsp3) is 0.625. The van der Waals surface area contributed by atoms with Crippen LogP contribution in [0.4, 0.5) is 0 Å². The van der Waals surface area contributed by atoms with Crippen LogP contribution in [0.25, 0.3) is 0 Å². The average molecular weight is 240 g/mol. The van der Waals surface area contributed by atoms with Gasteiger partial charge in [-0.25, -0.2) is 0 Å². The van der Waals surface area contributed by atoms with Gasteiger partial charge < -0.3 is 0 Å². The minimum atomic E-state index is 0.0778. The third-order valence-electron chi connectivity index (χ3n) is 6.15. The summed E-state index contributed by atoms with van der Waals surface area (Å²) in [6, 6.07) is 0. The lowest BCUT2D eigenvalue weighted by molar-refractivity contribution is -0.123. The smallest absolute Gasteiger partial charge is 0.144 e. The van der Waals surface area contributed by atoms with Gasteiger partial charge in [-0.05, 0) is 42.9 Å². The van der Waals surface area contributed by atoms with Gasteiger partial charge >= 0.3 is 0 Å². The Hall–Kier alpha value is -1.18. The lowest BCUT2D eigenvalue weighted by atomic mass is 9.63. The maximum absolute atomic E-state index is 12.1. The number of carbonyl (C=O) groups excluding carboxylic acids is 2. The van der Waals surface area contributed by atoms with E-state index in [1.807, 2.05) is 0 Å². The van der Waals surface area contributed by atoms with Gasteiger partial charge in [0.25, 0.3) is 0 Å². The predicted molar refractivity (Wildman–Crippen MR) is 65.6 cm³/mol. The van der Waals surface area contributed by atoms with Gasteiger partial charge in [0, 0.05) is 11.8 Å². The molecule has 6 aliphatic carbocycles. The summed E-state index contributed by atoms with van der Waals surface area (Å²) < 4.78 is 0. The Morgan fingerprint density at radius 2 is 1.33 bits per heavy atom. The van der Waals surface area contributed by atoms with Crippen LogP contribution in [0.3, 0.4) is 0 Å². The summed E-state index contributed by atoms with van der Waals surface area (Å²) in [4.78, 5) is 24.2. The number of hydrogen-bond donors (Lipinski definition) is 0. The first-order valence-corrected chi connectivity index (χ1v) is 7.23.